The van der Waals surface area contributed by atoms with Gasteiger partial charge in [-0.25, -0.2) is 0 Å². The van der Waals surface area contributed by atoms with E-state index in [-0.39, 0.29) is 5.78 Å². The van der Waals surface area contributed by atoms with Gasteiger partial charge in [0.2, 0.25) is 0 Å². The van der Waals surface area contributed by atoms with Crippen molar-refractivity contribution in [2.45, 2.75) is 13.8 Å². The van der Waals surface area contributed by atoms with Crippen molar-refractivity contribution in [3.05, 3.63) is 35.5 Å². The second kappa shape index (κ2) is 4.69. The fourth-order valence-corrected chi connectivity index (χ4v) is 1.98. The van der Waals surface area contributed by atoms with Gasteiger partial charge >= 0.3 is 0 Å². The van der Waals surface area contributed by atoms with Crippen molar-refractivity contribution < 1.29 is 9.53 Å². The SMILES string of the molecule is COc1ccc2c(c1)c(/C=C(/C)C(C)=O)cn2C. The molecular formula is C15H17NO2. The molecule has 0 saturated carbocycles. The number of carbonyl (C=O) groups excluding carboxylic acids is 1. The summed E-state index contributed by atoms with van der Waals surface area (Å²) in [7, 11) is 3.65. The van der Waals surface area contributed by atoms with Crippen LogP contribution in [0.15, 0.2) is 30.0 Å². The molecule has 2 aromatic rings. The summed E-state index contributed by atoms with van der Waals surface area (Å²) in [6, 6.07) is 5.96. The number of nitrogens with zero attached hydrogens (tertiary/aromatic N) is 1. The van der Waals surface area contributed by atoms with Gasteiger partial charge in [0.1, 0.15) is 5.75 Å². The maximum Gasteiger partial charge on any atom is 0.155 e. The van der Waals surface area contributed by atoms with Crippen molar-refractivity contribution >= 4 is 22.8 Å². The van der Waals surface area contributed by atoms with Crippen LogP contribution in [0.25, 0.3) is 17.0 Å². The minimum Gasteiger partial charge on any atom is -0.497 e. The molecule has 1 aromatic carbocycles. The van der Waals surface area contributed by atoms with Gasteiger partial charge in [0.25, 0.3) is 0 Å². The maximum atomic E-state index is 11.3. The normalized spacial score (nSPS) is 11.9. The predicted molar refractivity (Wildman–Crippen MR) is 73.8 cm³/mol. The van der Waals surface area contributed by atoms with E-state index in [0.29, 0.717) is 0 Å². The van der Waals surface area contributed by atoms with Crippen molar-refractivity contribution in [1.82, 2.24) is 4.57 Å². The number of aryl methyl sites for hydroxylation is 1. The first kappa shape index (κ1) is 12.4. The molecule has 0 amide bonds. The third-order valence-electron chi connectivity index (χ3n) is 3.15. The van der Waals surface area contributed by atoms with Gasteiger partial charge in [0, 0.05) is 29.7 Å². The first-order valence-electron chi connectivity index (χ1n) is 5.85. The zero-order chi connectivity index (χ0) is 13.3. The van der Waals surface area contributed by atoms with E-state index in [1.165, 1.54) is 0 Å². The van der Waals surface area contributed by atoms with E-state index in [2.05, 4.69) is 0 Å². The second-order valence-electron chi connectivity index (χ2n) is 4.46. The highest BCUT2D eigenvalue weighted by molar-refractivity contribution is 6.00. The Balaban J connectivity index is 2.64. The summed E-state index contributed by atoms with van der Waals surface area (Å²) >= 11 is 0. The minimum atomic E-state index is 0.0925. The largest absolute Gasteiger partial charge is 0.497 e. The summed E-state index contributed by atoms with van der Waals surface area (Å²) in [4.78, 5) is 11.3. The van der Waals surface area contributed by atoms with Crippen molar-refractivity contribution in [1.29, 1.82) is 0 Å². The highest BCUT2D eigenvalue weighted by atomic mass is 16.5. The van der Waals surface area contributed by atoms with Gasteiger partial charge in [-0.1, -0.05) is 0 Å². The molecule has 1 aromatic heterocycles. The first-order valence-corrected chi connectivity index (χ1v) is 5.85. The minimum absolute atomic E-state index is 0.0925. The molecule has 0 radical (unpaired) electrons. The Morgan fingerprint density at radius 1 is 1.33 bits per heavy atom. The van der Waals surface area contributed by atoms with Gasteiger partial charge in [-0.15, -0.1) is 0 Å². The molecule has 0 N–H and O–H groups in total. The Morgan fingerprint density at radius 2 is 2.06 bits per heavy atom. The Labute approximate surface area is 107 Å². The van der Waals surface area contributed by atoms with Gasteiger partial charge in [-0.3, -0.25) is 4.79 Å². The molecule has 3 nitrogen and oxygen atoms in total. The van der Waals surface area contributed by atoms with Gasteiger partial charge in [0.15, 0.2) is 5.78 Å². The van der Waals surface area contributed by atoms with Gasteiger partial charge in [0.05, 0.1) is 7.11 Å². The molecule has 0 atom stereocenters. The third kappa shape index (κ3) is 2.16. The lowest BCUT2D eigenvalue weighted by molar-refractivity contribution is -0.113. The van der Waals surface area contributed by atoms with E-state index in [4.69, 9.17) is 4.74 Å². The van der Waals surface area contributed by atoms with Crippen molar-refractivity contribution in [2.75, 3.05) is 7.11 Å². The average molecular weight is 243 g/mol. The smallest absolute Gasteiger partial charge is 0.155 e. The van der Waals surface area contributed by atoms with Crippen molar-refractivity contribution in [2.24, 2.45) is 7.05 Å². The van der Waals surface area contributed by atoms with Crippen LogP contribution >= 0.6 is 0 Å². The fourth-order valence-electron chi connectivity index (χ4n) is 1.98. The number of Topliss-reactive ketones (excluding diaryl/α,β-unsaturated/α-hetero) is 1. The molecule has 94 valence electrons. The quantitative estimate of drug-likeness (QED) is 0.775. The lowest BCUT2D eigenvalue weighted by atomic mass is 10.1. The van der Waals surface area contributed by atoms with E-state index in [1.807, 2.05) is 49.0 Å². The van der Waals surface area contributed by atoms with Crippen LogP contribution in [-0.4, -0.2) is 17.5 Å². The molecule has 18 heavy (non-hydrogen) atoms. The van der Waals surface area contributed by atoms with E-state index in [1.54, 1.807) is 14.0 Å². The van der Waals surface area contributed by atoms with Gasteiger partial charge < -0.3 is 9.30 Å². The number of rotatable bonds is 3. The first-order chi connectivity index (χ1) is 8.52. The highest BCUT2D eigenvalue weighted by Crippen LogP contribution is 2.27. The molecule has 0 spiro atoms. The summed E-state index contributed by atoms with van der Waals surface area (Å²) in [6.07, 6.45) is 3.95. The molecule has 0 unspecified atom stereocenters. The Morgan fingerprint density at radius 3 is 2.67 bits per heavy atom. The molecule has 2 rings (SSSR count). The van der Waals surface area contributed by atoms with Crippen LogP contribution in [0.2, 0.25) is 0 Å². The average Bonchev–Trinajstić information content (AvgIpc) is 2.65. The topological polar surface area (TPSA) is 31.2 Å². The second-order valence-corrected chi connectivity index (χ2v) is 4.46. The van der Waals surface area contributed by atoms with E-state index in [0.717, 1.165) is 27.8 Å². The number of carbonyl (C=O) groups is 1. The van der Waals surface area contributed by atoms with Crippen LogP contribution in [0.4, 0.5) is 0 Å². The number of aromatic nitrogens is 1. The zero-order valence-electron chi connectivity index (χ0n) is 11.2. The van der Waals surface area contributed by atoms with Crippen molar-refractivity contribution in [3.63, 3.8) is 0 Å². The fraction of sp³-hybridized carbons (Fsp3) is 0.267. The van der Waals surface area contributed by atoms with Crippen LogP contribution in [-0.2, 0) is 11.8 Å². The third-order valence-corrected chi connectivity index (χ3v) is 3.15. The molecule has 0 bridgehead atoms. The van der Waals surface area contributed by atoms with Crippen LogP contribution in [0, 0.1) is 0 Å². The highest BCUT2D eigenvalue weighted by Gasteiger charge is 2.07. The van der Waals surface area contributed by atoms with Crippen molar-refractivity contribution in [3.8, 4) is 5.75 Å². The predicted octanol–water partition coefficient (Wildman–Crippen LogP) is 3.18. The molecule has 0 fully saturated rings. The molecular weight excluding hydrogens is 226 g/mol. The number of hydrogen-bond acceptors (Lipinski definition) is 2. The number of allylic oxidation sites excluding steroid dienone is 1. The standard InChI is InChI=1S/C15H17NO2/c1-10(11(2)17)7-12-9-16(3)15-6-5-13(18-4)8-14(12)15/h5-9H,1-4H3/b10-7-. The maximum absolute atomic E-state index is 11.3. The van der Waals surface area contributed by atoms with Gasteiger partial charge in [-0.2, -0.15) is 0 Å². The number of ether oxygens (including phenoxy) is 1. The Kier molecular flexibility index (Phi) is 3.24. The monoisotopic (exact) mass is 243 g/mol. The summed E-state index contributed by atoms with van der Waals surface area (Å²) in [6.45, 7) is 3.42. The molecule has 0 saturated heterocycles. The summed E-state index contributed by atoms with van der Waals surface area (Å²) in [5.41, 5.74) is 2.92. The van der Waals surface area contributed by atoms with Crippen LogP contribution in [0.1, 0.15) is 19.4 Å². The summed E-state index contributed by atoms with van der Waals surface area (Å²) in [5.74, 6) is 0.915. The number of hydrogen-bond donors (Lipinski definition) is 0. The zero-order valence-corrected chi connectivity index (χ0v) is 11.2. The number of fused-ring (bicyclic) bond motifs is 1. The number of benzene rings is 1. The molecule has 0 aliphatic heterocycles. The van der Waals surface area contributed by atoms with Crippen LogP contribution in [0.5, 0.6) is 5.75 Å². The Bertz CT molecular complexity index is 635. The van der Waals surface area contributed by atoms with Gasteiger partial charge in [-0.05, 0) is 43.7 Å². The van der Waals surface area contributed by atoms with Crippen LogP contribution < -0.4 is 4.74 Å². The lowest BCUT2D eigenvalue weighted by Gasteiger charge is -2.01. The summed E-state index contributed by atoms with van der Waals surface area (Å²) in [5, 5.41) is 1.09. The number of methoxy groups -OCH3 is 1. The van der Waals surface area contributed by atoms with E-state index in [9.17, 15) is 4.79 Å². The van der Waals surface area contributed by atoms with E-state index < -0.39 is 0 Å². The van der Waals surface area contributed by atoms with Crippen LogP contribution in [0.3, 0.4) is 0 Å². The number of ketones is 1. The molecule has 0 aliphatic carbocycles. The lowest BCUT2D eigenvalue weighted by Crippen LogP contribution is -1.90. The van der Waals surface area contributed by atoms with E-state index >= 15 is 0 Å². The Hall–Kier alpha value is -2.03. The molecule has 1 heterocycles. The molecule has 3 heteroatoms. The molecule has 0 aliphatic rings. The summed E-state index contributed by atoms with van der Waals surface area (Å²) < 4.78 is 7.29.